The quantitative estimate of drug-likeness (QED) is 0.887. The van der Waals surface area contributed by atoms with Gasteiger partial charge in [0.2, 0.25) is 0 Å². The van der Waals surface area contributed by atoms with Gasteiger partial charge in [-0.1, -0.05) is 0 Å². The van der Waals surface area contributed by atoms with Gasteiger partial charge < -0.3 is 10.6 Å². The molecule has 0 radical (unpaired) electrons. The van der Waals surface area contributed by atoms with Crippen molar-refractivity contribution in [1.82, 2.24) is 25.2 Å². The molecule has 0 spiro atoms. The number of nitrogens with one attached hydrogen (secondary N) is 2. The number of hydrogen-bond acceptors (Lipinski definition) is 4. The van der Waals surface area contributed by atoms with Crippen molar-refractivity contribution in [3.63, 3.8) is 0 Å². The van der Waals surface area contributed by atoms with E-state index < -0.39 is 0 Å². The highest BCUT2D eigenvalue weighted by Gasteiger charge is 2.16. The normalized spacial score (nSPS) is 17.0. The third-order valence-electron chi connectivity index (χ3n) is 3.41. The van der Waals surface area contributed by atoms with Crippen molar-refractivity contribution in [1.29, 1.82) is 0 Å². The summed E-state index contributed by atoms with van der Waals surface area (Å²) in [5.74, 6) is 0.682. The Morgan fingerprint density at radius 1 is 1.36 bits per heavy atom. The van der Waals surface area contributed by atoms with Gasteiger partial charge in [-0.2, -0.15) is 0 Å². The molecule has 3 heterocycles. The summed E-state index contributed by atoms with van der Waals surface area (Å²) in [4.78, 5) is 20.4. The molecule has 2 aromatic rings. The molecule has 1 amide bonds. The number of carbonyl (C=O) groups is 1. The summed E-state index contributed by atoms with van der Waals surface area (Å²) in [7, 11) is 0. The second-order valence-corrected chi connectivity index (χ2v) is 4.89. The molecule has 2 N–H and O–H groups in total. The van der Waals surface area contributed by atoms with Crippen molar-refractivity contribution in [2.75, 3.05) is 13.1 Å². The molecule has 3 rings (SSSR count). The topological polar surface area (TPSA) is 71.8 Å². The number of aromatic nitrogens is 3. The number of imidazole rings is 1. The van der Waals surface area contributed by atoms with Gasteiger partial charge in [0.1, 0.15) is 12.1 Å². The summed E-state index contributed by atoms with van der Waals surface area (Å²) in [5.41, 5.74) is 0.583. The van der Waals surface area contributed by atoms with E-state index in [0.29, 0.717) is 5.56 Å². The third-order valence-corrected chi connectivity index (χ3v) is 3.41. The predicted molar refractivity (Wildman–Crippen MR) is 89.2 cm³/mol. The first-order chi connectivity index (χ1) is 9.83. The number of carbonyl (C=O) groups excluding carboxylic acids is 1. The molecule has 1 aliphatic rings. The number of pyridine rings is 1. The lowest BCUT2D eigenvalue weighted by molar-refractivity contribution is 0.0930. The van der Waals surface area contributed by atoms with Crippen molar-refractivity contribution < 1.29 is 4.79 Å². The maximum absolute atomic E-state index is 12.1. The summed E-state index contributed by atoms with van der Waals surface area (Å²) in [6.07, 6.45) is 8.91. The van der Waals surface area contributed by atoms with Crippen LogP contribution in [0.1, 0.15) is 23.2 Å². The summed E-state index contributed by atoms with van der Waals surface area (Å²) in [6, 6.07) is 3.81. The van der Waals surface area contributed by atoms with Crippen LogP contribution >= 0.6 is 24.8 Å². The number of nitrogens with zero attached hydrogens (tertiary/aromatic N) is 3. The summed E-state index contributed by atoms with van der Waals surface area (Å²) in [6.45, 7) is 1.87. The second kappa shape index (κ2) is 8.73. The summed E-state index contributed by atoms with van der Waals surface area (Å²) >= 11 is 0. The van der Waals surface area contributed by atoms with E-state index in [4.69, 9.17) is 0 Å². The van der Waals surface area contributed by atoms with Crippen LogP contribution in [0.25, 0.3) is 5.82 Å². The molecule has 0 saturated carbocycles. The molecule has 0 bridgehead atoms. The fourth-order valence-electron chi connectivity index (χ4n) is 2.31. The first-order valence-corrected chi connectivity index (χ1v) is 6.79. The van der Waals surface area contributed by atoms with Crippen LogP contribution < -0.4 is 10.6 Å². The maximum Gasteiger partial charge on any atom is 0.253 e. The highest BCUT2D eigenvalue weighted by Crippen LogP contribution is 2.07. The number of hydrogen-bond donors (Lipinski definition) is 2. The van der Waals surface area contributed by atoms with E-state index in [1.54, 1.807) is 29.4 Å². The van der Waals surface area contributed by atoms with E-state index in [1.807, 2.05) is 12.3 Å². The molecule has 22 heavy (non-hydrogen) atoms. The van der Waals surface area contributed by atoms with Crippen molar-refractivity contribution in [2.24, 2.45) is 0 Å². The average molecular weight is 344 g/mol. The lowest BCUT2D eigenvalue weighted by Crippen LogP contribution is -2.45. The fraction of sp³-hybridized carbons (Fsp3) is 0.357. The molecule has 1 fully saturated rings. The van der Waals surface area contributed by atoms with Crippen LogP contribution in [-0.2, 0) is 0 Å². The molecule has 0 aliphatic carbocycles. The summed E-state index contributed by atoms with van der Waals surface area (Å²) in [5, 5.41) is 6.31. The minimum Gasteiger partial charge on any atom is -0.348 e. The minimum atomic E-state index is -0.0663. The van der Waals surface area contributed by atoms with Crippen molar-refractivity contribution in [2.45, 2.75) is 18.9 Å². The van der Waals surface area contributed by atoms with Gasteiger partial charge >= 0.3 is 0 Å². The van der Waals surface area contributed by atoms with Gasteiger partial charge in [0, 0.05) is 31.2 Å². The molecule has 8 heteroatoms. The van der Waals surface area contributed by atoms with Gasteiger partial charge in [-0.3, -0.25) is 9.36 Å². The van der Waals surface area contributed by atoms with Crippen LogP contribution in [0.5, 0.6) is 0 Å². The highest BCUT2D eigenvalue weighted by molar-refractivity contribution is 5.94. The molecule has 1 saturated heterocycles. The molecule has 0 unspecified atom stereocenters. The highest BCUT2D eigenvalue weighted by atomic mass is 35.5. The molecule has 1 atom stereocenters. The SMILES string of the molecule is Cl.Cl.O=C(N[C@H]1CCCNC1)c1ccc(-n2ccnc2)nc1. The van der Waals surface area contributed by atoms with E-state index in [2.05, 4.69) is 20.6 Å². The average Bonchev–Trinajstić information content (AvgIpc) is 3.03. The monoisotopic (exact) mass is 343 g/mol. The Balaban J connectivity index is 0.00000121. The van der Waals surface area contributed by atoms with Gasteiger partial charge in [-0.25, -0.2) is 9.97 Å². The molecule has 120 valence electrons. The Labute approximate surface area is 141 Å². The Bertz CT molecular complexity index is 567. The van der Waals surface area contributed by atoms with E-state index >= 15 is 0 Å². The van der Waals surface area contributed by atoms with Gasteiger partial charge in [0.25, 0.3) is 5.91 Å². The van der Waals surface area contributed by atoms with Gasteiger partial charge in [0.15, 0.2) is 0 Å². The zero-order valence-corrected chi connectivity index (χ0v) is 13.6. The lowest BCUT2D eigenvalue weighted by Gasteiger charge is -2.23. The molecular formula is C14H19Cl2N5O. The molecule has 2 aromatic heterocycles. The standard InChI is InChI=1S/C14H17N5O.2ClH/c20-14(18-12-2-1-5-15-9-12)11-3-4-13(17-8-11)19-7-6-16-10-19;;/h3-4,6-8,10,12,15H,1-2,5,9H2,(H,18,20);2*1H/t12-;;/m0../s1. The lowest BCUT2D eigenvalue weighted by atomic mass is 10.1. The Morgan fingerprint density at radius 2 is 2.23 bits per heavy atom. The Hall–Kier alpha value is -1.63. The van der Waals surface area contributed by atoms with Crippen molar-refractivity contribution >= 4 is 30.7 Å². The zero-order valence-electron chi connectivity index (χ0n) is 11.9. The first kappa shape index (κ1) is 18.4. The summed E-state index contributed by atoms with van der Waals surface area (Å²) < 4.78 is 1.80. The molecular weight excluding hydrogens is 325 g/mol. The maximum atomic E-state index is 12.1. The molecule has 6 nitrogen and oxygen atoms in total. The van der Waals surface area contributed by atoms with Crippen LogP contribution in [0.15, 0.2) is 37.1 Å². The molecule has 0 aromatic carbocycles. The van der Waals surface area contributed by atoms with E-state index in [-0.39, 0.29) is 36.8 Å². The second-order valence-electron chi connectivity index (χ2n) is 4.89. The number of rotatable bonds is 3. The van der Waals surface area contributed by atoms with Crippen LogP contribution in [-0.4, -0.2) is 39.6 Å². The van der Waals surface area contributed by atoms with E-state index in [1.165, 1.54) is 0 Å². The number of amides is 1. The van der Waals surface area contributed by atoms with Gasteiger partial charge in [-0.15, -0.1) is 24.8 Å². The predicted octanol–water partition coefficient (Wildman–Crippen LogP) is 1.59. The zero-order chi connectivity index (χ0) is 13.8. The van der Waals surface area contributed by atoms with Crippen LogP contribution in [0.4, 0.5) is 0 Å². The molecule has 1 aliphatic heterocycles. The van der Waals surface area contributed by atoms with Crippen molar-refractivity contribution in [3.05, 3.63) is 42.6 Å². The first-order valence-electron chi connectivity index (χ1n) is 6.79. The Kier molecular flexibility index (Phi) is 7.31. The third kappa shape index (κ3) is 4.43. The largest absolute Gasteiger partial charge is 0.348 e. The van der Waals surface area contributed by atoms with E-state index in [9.17, 15) is 4.79 Å². The fourth-order valence-corrected chi connectivity index (χ4v) is 2.31. The van der Waals surface area contributed by atoms with E-state index in [0.717, 1.165) is 31.7 Å². The number of piperidine rings is 1. The van der Waals surface area contributed by atoms with Crippen molar-refractivity contribution in [3.8, 4) is 5.82 Å². The van der Waals surface area contributed by atoms with Crippen LogP contribution in [0.3, 0.4) is 0 Å². The number of halogens is 2. The van der Waals surface area contributed by atoms with Crippen LogP contribution in [0.2, 0.25) is 0 Å². The van der Waals surface area contributed by atoms with Crippen LogP contribution in [0, 0.1) is 0 Å². The van der Waals surface area contributed by atoms with Gasteiger partial charge in [-0.05, 0) is 31.5 Å². The smallest absolute Gasteiger partial charge is 0.253 e. The Morgan fingerprint density at radius 3 is 2.82 bits per heavy atom. The van der Waals surface area contributed by atoms with Gasteiger partial charge in [0.05, 0.1) is 5.56 Å². The minimum absolute atomic E-state index is 0.